The number of nitrogens with one attached hydrogen (secondary N) is 1. The Hall–Kier alpha value is -3.63. The summed E-state index contributed by atoms with van der Waals surface area (Å²) in [5.41, 5.74) is 3.09. The average Bonchev–Trinajstić information content (AvgIpc) is 2.80. The molecule has 1 fully saturated rings. The number of rotatable bonds is 3. The molecule has 2 heterocycles. The summed E-state index contributed by atoms with van der Waals surface area (Å²) < 4.78 is 0. The predicted octanol–water partition coefficient (Wildman–Crippen LogP) is 4.02. The first-order valence-corrected chi connectivity index (χ1v) is 9.90. The Morgan fingerprint density at radius 3 is 2.47 bits per heavy atom. The standard InChI is InChI=1S/C22H19ClN6O/c23-18-6-7-20(17(12-18)13-24)28-8-10-29(11-9-28)22(30)27-21-15-25-19(14-26-21)16-4-2-1-3-5-16/h1-7,12,14-15H,8-11H2,(H,26,27,30). The lowest BCUT2D eigenvalue weighted by Gasteiger charge is -2.36. The van der Waals surface area contributed by atoms with E-state index in [1.54, 1.807) is 29.4 Å². The van der Waals surface area contributed by atoms with Gasteiger partial charge in [-0.15, -0.1) is 0 Å². The van der Waals surface area contributed by atoms with Crippen LogP contribution < -0.4 is 10.2 Å². The third-order valence-electron chi connectivity index (χ3n) is 4.94. The van der Waals surface area contributed by atoms with Crippen molar-refractivity contribution in [3.8, 4) is 17.3 Å². The summed E-state index contributed by atoms with van der Waals surface area (Å²) >= 11 is 5.98. The zero-order valence-electron chi connectivity index (χ0n) is 16.1. The molecule has 1 aliphatic rings. The Labute approximate surface area is 179 Å². The van der Waals surface area contributed by atoms with E-state index in [2.05, 4.69) is 26.3 Å². The van der Waals surface area contributed by atoms with Crippen LogP contribution in [0.3, 0.4) is 0 Å². The molecular formula is C22H19ClN6O. The van der Waals surface area contributed by atoms with E-state index < -0.39 is 0 Å². The van der Waals surface area contributed by atoms with Crippen LogP contribution >= 0.6 is 11.6 Å². The summed E-state index contributed by atoms with van der Waals surface area (Å²) in [5, 5.41) is 12.7. The Kier molecular flexibility index (Phi) is 5.77. The van der Waals surface area contributed by atoms with Crippen LogP contribution in [0.5, 0.6) is 0 Å². The fraction of sp³-hybridized carbons (Fsp3) is 0.182. The van der Waals surface area contributed by atoms with Gasteiger partial charge in [0.2, 0.25) is 0 Å². The molecule has 0 spiro atoms. The molecule has 0 saturated carbocycles. The number of nitriles is 1. The van der Waals surface area contributed by atoms with Crippen LogP contribution in [0, 0.1) is 11.3 Å². The van der Waals surface area contributed by atoms with Gasteiger partial charge in [-0.2, -0.15) is 5.26 Å². The van der Waals surface area contributed by atoms with Gasteiger partial charge in [0.05, 0.1) is 29.3 Å². The van der Waals surface area contributed by atoms with Gasteiger partial charge in [-0.05, 0) is 18.2 Å². The largest absolute Gasteiger partial charge is 0.367 e. The molecule has 0 unspecified atom stereocenters. The van der Waals surface area contributed by atoms with Crippen LogP contribution in [-0.4, -0.2) is 47.1 Å². The van der Waals surface area contributed by atoms with E-state index in [0.29, 0.717) is 42.6 Å². The third kappa shape index (κ3) is 4.34. The first-order chi connectivity index (χ1) is 14.6. The van der Waals surface area contributed by atoms with Crippen molar-refractivity contribution in [2.24, 2.45) is 0 Å². The van der Waals surface area contributed by atoms with E-state index in [9.17, 15) is 10.1 Å². The molecule has 8 heteroatoms. The first kappa shape index (κ1) is 19.7. The van der Waals surface area contributed by atoms with Crippen molar-refractivity contribution in [1.82, 2.24) is 14.9 Å². The van der Waals surface area contributed by atoms with Gasteiger partial charge in [-0.3, -0.25) is 10.3 Å². The van der Waals surface area contributed by atoms with Gasteiger partial charge in [0, 0.05) is 36.8 Å². The number of benzene rings is 2. The second-order valence-corrected chi connectivity index (χ2v) is 7.27. The second-order valence-electron chi connectivity index (χ2n) is 6.83. The minimum Gasteiger partial charge on any atom is -0.367 e. The van der Waals surface area contributed by atoms with E-state index in [-0.39, 0.29) is 6.03 Å². The maximum absolute atomic E-state index is 12.6. The van der Waals surface area contributed by atoms with Gasteiger partial charge in [0.25, 0.3) is 0 Å². The summed E-state index contributed by atoms with van der Waals surface area (Å²) in [5.74, 6) is 0.409. The van der Waals surface area contributed by atoms with Gasteiger partial charge < -0.3 is 9.80 Å². The third-order valence-corrected chi connectivity index (χ3v) is 5.18. The molecule has 1 N–H and O–H groups in total. The normalized spacial score (nSPS) is 13.6. The van der Waals surface area contributed by atoms with Crippen LogP contribution in [0.4, 0.5) is 16.3 Å². The maximum Gasteiger partial charge on any atom is 0.323 e. The topological polar surface area (TPSA) is 85.2 Å². The molecule has 1 aliphatic heterocycles. The number of piperazine rings is 1. The molecule has 0 atom stereocenters. The average molecular weight is 419 g/mol. The molecule has 30 heavy (non-hydrogen) atoms. The van der Waals surface area contributed by atoms with Crippen molar-refractivity contribution in [2.45, 2.75) is 0 Å². The van der Waals surface area contributed by atoms with E-state index >= 15 is 0 Å². The number of aromatic nitrogens is 2. The number of nitrogens with zero attached hydrogens (tertiary/aromatic N) is 5. The molecule has 7 nitrogen and oxygen atoms in total. The monoisotopic (exact) mass is 418 g/mol. The van der Waals surface area contributed by atoms with Gasteiger partial charge in [-0.25, -0.2) is 9.78 Å². The molecule has 0 aliphatic carbocycles. The highest BCUT2D eigenvalue weighted by atomic mass is 35.5. The molecular weight excluding hydrogens is 400 g/mol. The Morgan fingerprint density at radius 1 is 1.03 bits per heavy atom. The molecule has 3 aromatic rings. The molecule has 2 amide bonds. The highest BCUT2D eigenvalue weighted by Crippen LogP contribution is 2.25. The van der Waals surface area contributed by atoms with E-state index in [1.807, 2.05) is 36.4 Å². The van der Waals surface area contributed by atoms with Crippen LogP contribution in [0.25, 0.3) is 11.3 Å². The van der Waals surface area contributed by atoms with Crippen molar-refractivity contribution >= 4 is 29.1 Å². The number of anilines is 2. The van der Waals surface area contributed by atoms with Crippen LogP contribution in [0.15, 0.2) is 60.9 Å². The van der Waals surface area contributed by atoms with Gasteiger partial charge >= 0.3 is 6.03 Å². The Morgan fingerprint density at radius 2 is 1.80 bits per heavy atom. The van der Waals surface area contributed by atoms with Gasteiger partial charge in [-0.1, -0.05) is 41.9 Å². The zero-order valence-corrected chi connectivity index (χ0v) is 16.9. The van der Waals surface area contributed by atoms with Crippen molar-refractivity contribution in [1.29, 1.82) is 5.26 Å². The van der Waals surface area contributed by atoms with E-state index in [4.69, 9.17) is 11.6 Å². The number of carbonyl (C=O) groups is 1. The highest BCUT2D eigenvalue weighted by molar-refractivity contribution is 6.30. The fourth-order valence-corrected chi connectivity index (χ4v) is 3.54. The summed E-state index contributed by atoms with van der Waals surface area (Å²) in [7, 11) is 0. The number of amides is 2. The molecule has 1 aromatic heterocycles. The van der Waals surface area contributed by atoms with Crippen LogP contribution in [0.2, 0.25) is 5.02 Å². The molecule has 150 valence electrons. The van der Waals surface area contributed by atoms with Crippen molar-refractivity contribution < 1.29 is 4.79 Å². The van der Waals surface area contributed by atoms with E-state index in [0.717, 1.165) is 16.9 Å². The maximum atomic E-state index is 12.6. The minimum atomic E-state index is -0.215. The van der Waals surface area contributed by atoms with Crippen molar-refractivity contribution in [3.05, 3.63) is 71.5 Å². The van der Waals surface area contributed by atoms with Crippen molar-refractivity contribution in [2.75, 3.05) is 36.4 Å². The fourth-order valence-electron chi connectivity index (χ4n) is 3.36. The summed E-state index contributed by atoms with van der Waals surface area (Å²) in [6.07, 6.45) is 3.20. The predicted molar refractivity (Wildman–Crippen MR) is 116 cm³/mol. The summed E-state index contributed by atoms with van der Waals surface area (Å²) in [6.45, 7) is 2.33. The zero-order chi connectivity index (χ0) is 20.9. The molecule has 0 radical (unpaired) electrons. The summed E-state index contributed by atoms with van der Waals surface area (Å²) in [6, 6.07) is 17.0. The lowest BCUT2D eigenvalue weighted by atomic mass is 10.1. The van der Waals surface area contributed by atoms with E-state index in [1.165, 1.54) is 0 Å². The quantitative estimate of drug-likeness (QED) is 0.694. The Bertz CT molecular complexity index is 1070. The number of carbonyl (C=O) groups excluding carboxylic acids is 1. The SMILES string of the molecule is N#Cc1cc(Cl)ccc1N1CCN(C(=O)Nc2cnc(-c3ccccc3)cn2)CC1. The smallest absolute Gasteiger partial charge is 0.323 e. The Balaban J connectivity index is 1.35. The summed E-state index contributed by atoms with van der Waals surface area (Å²) in [4.78, 5) is 25.1. The molecule has 0 bridgehead atoms. The number of urea groups is 1. The second kappa shape index (κ2) is 8.80. The molecule has 4 rings (SSSR count). The lowest BCUT2D eigenvalue weighted by molar-refractivity contribution is 0.208. The van der Waals surface area contributed by atoms with Gasteiger partial charge in [0.1, 0.15) is 6.07 Å². The highest BCUT2D eigenvalue weighted by Gasteiger charge is 2.23. The number of hydrogen-bond donors (Lipinski definition) is 1. The van der Waals surface area contributed by atoms with Crippen LogP contribution in [0.1, 0.15) is 5.56 Å². The molecule has 2 aromatic carbocycles. The van der Waals surface area contributed by atoms with Gasteiger partial charge in [0.15, 0.2) is 5.82 Å². The lowest BCUT2D eigenvalue weighted by Crippen LogP contribution is -2.50. The number of halogens is 1. The number of hydrogen-bond acceptors (Lipinski definition) is 5. The first-order valence-electron chi connectivity index (χ1n) is 9.52. The van der Waals surface area contributed by atoms with Crippen molar-refractivity contribution in [3.63, 3.8) is 0 Å². The molecule has 1 saturated heterocycles. The van der Waals surface area contributed by atoms with Crippen LogP contribution in [-0.2, 0) is 0 Å². The minimum absolute atomic E-state index is 0.215.